The lowest BCUT2D eigenvalue weighted by atomic mass is 10.0. The number of nitrogens with one attached hydrogen (secondary N) is 2. The molecule has 1 saturated heterocycles. The number of anilines is 1. The molecule has 2 heterocycles. The molecule has 28 heavy (non-hydrogen) atoms. The van der Waals surface area contributed by atoms with Crippen molar-refractivity contribution in [2.45, 2.75) is 51.6 Å². The second kappa shape index (κ2) is 8.90. The fraction of sp³-hybridized carbons (Fsp3) is 0.619. The van der Waals surface area contributed by atoms with Crippen molar-refractivity contribution in [2.24, 2.45) is 0 Å². The molecule has 0 aromatic heterocycles. The zero-order chi connectivity index (χ0) is 20.3. The van der Waals surface area contributed by atoms with Gasteiger partial charge in [-0.2, -0.15) is 0 Å². The quantitative estimate of drug-likeness (QED) is 0.779. The summed E-state index contributed by atoms with van der Waals surface area (Å²) in [5, 5.41) is 6.35. The Bertz CT molecular complexity index is 708. The molecule has 1 aromatic carbocycles. The zero-order valence-corrected chi connectivity index (χ0v) is 17.1. The molecule has 7 heteroatoms. The van der Waals surface area contributed by atoms with E-state index < -0.39 is 6.04 Å². The molecule has 1 fully saturated rings. The number of halogens is 1. The molecule has 0 bridgehead atoms. The third-order valence-electron chi connectivity index (χ3n) is 5.86. The summed E-state index contributed by atoms with van der Waals surface area (Å²) in [5.74, 6) is -0.221. The summed E-state index contributed by atoms with van der Waals surface area (Å²) in [6.07, 6.45) is 3.32. The largest absolute Gasteiger partial charge is 0.373 e. The predicted molar refractivity (Wildman–Crippen MR) is 108 cm³/mol. The summed E-state index contributed by atoms with van der Waals surface area (Å²) in [5.41, 5.74) is 2.34. The minimum atomic E-state index is -0.412. The number of rotatable bonds is 6. The molecule has 3 rings (SSSR count). The summed E-state index contributed by atoms with van der Waals surface area (Å²) in [7, 11) is 1.82. The van der Waals surface area contributed by atoms with Crippen LogP contribution in [0.3, 0.4) is 0 Å². The maximum absolute atomic E-state index is 14.0. The molecular weight excluding hydrogens is 359 g/mol. The number of carbonyl (C=O) groups excluding carboxylic acids is 2. The van der Waals surface area contributed by atoms with Crippen LogP contribution in [0.15, 0.2) is 12.1 Å². The minimum absolute atomic E-state index is 0.0573. The number of benzene rings is 1. The summed E-state index contributed by atoms with van der Waals surface area (Å²) < 4.78 is 14.0. The van der Waals surface area contributed by atoms with Crippen LogP contribution < -0.4 is 10.6 Å². The van der Waals surface area contributed by atoms with Crippen molar-refractivity contribution >= 4 is 17.5 Å². The van der Waals surface area contributed by atoms with E-state index in [1.807, 2.05) is 14.0 Å². The van der Waals surface area contributed by atoms with Crippen molar-refractivity contribution in [3.05, 3.63) is 29.1 Å². The molecule has 0 aliphatic carbocycles. The Morgan fingerprint density at radius 3 is 2.89 bits per heavy atom. The molecular formula is C21H31FN4O2. The molecule has 2 atom stereocenters. The Morgan fingerprint density at radius 1 is 1.39 bits per heavy atom. The summed E-state index contributed by atoms with van der Waals surface area (Å²) in [4.78, 5) is 28.1. The average molecular weight is 391 g/mol. The molecule has 0 radical (unpaired) electrons. The Hall–Kier alpha value is -2.15. The van der Waals surface area contributed by atoms with Crippen molar-refractivity contribution < 1.29 is 14.0 Å². The number of hydrogen-bond donors (Lipinski definition) is 2. The first-order valence-corrected chi connectivity index (χ1v) is 10.1. The Labute approximate surface area is 166 Å². The van der Waals surface area contributed by atoms with Gasteiger partial charge in [0.05, 0.1) is 0 Å². The zero-order valence-electron chi connectivity index (χ0n) is 17.1. The molecule has 2 amide bonds. The van der Waals surface area contributed by atoms with Crippen LogP contribution in [0.5, 0.6) is 0 Å². The van der Waals surface area contributed by atoms with Crippen LogP contribution in [0.1, 0.15) is 37.3 Å². The molecule has 2 unspecified atom stereocenters. The Kier molecular flexibility index (Phi) is 6.54. The Morgan fingerprint density at radius 2 is 2.18 bits per heavy atom. The summed E-state index contributed by atoms with van der Waals surface area (Å²) in [6.45, 7) is 7.01. The highest BCUT2D eigenvalue weighted by atomic mass is 19.1. The van der Waals surface area contributed by atoms with Gasteiger partial charge >= 0.3 is 0 Å². The molecule has 0 saturated carbocycles. The van der Waals surface area contributed by atoms with E-state index in [9.17, 15) is 14.0 Å². The van der Waals surface area contributed by atoms with Gasteiger partial charge in [0.15, 0.2) is 0 Å². The van der Waals surface area contributed by atoms with Gasteiger partial charge in [0.1, 0.15) is 11.9 Å². The second-order valence-corrected chi connectivity index (χ2v) is 8.06. The first-order chi connectivity index (χ1) is 13.3. The molecule has 2 aliphatic rings. The Balaban J connectivity index is 1.47. The van der Waals surface area contributed by atoms with E-state index in [1.54, 1.807) is 17.9 Å². The minimum Gasteiger partial charge on any atom is -0.373 e. The fourth-order valence-corrected chi connectivity index (χ4v) is 4.09. The van der Waals surface area contributed by atoms with Crippen molar-refractivity contribution in [3.8, 4) is 0 Å². The third kappa shape index (κ3) is 4.82. The van der Waals surface area contributed by atoms with Crippen LogP contribution in [0, 0.1) is 12.7 Å². The number of carbonyl (C=O) groups is 2. The van der Waals surface area contributed by atoms with Gasteiger partial charge in [-0.3, -0.25) is 9.59 Å². The number of piperidine rings is 1. The van der Waals surface area contributed by atoms with Gasteiger partial charge in [-0.1, -0.05) is 6.07 Å². The summed E-state index contributed by atoms with van der Waals surface area (Å²) in [6, 6.07) is 2.91. The van der Waals surface area contributed by atoms with E-state index in [0.717, 1.165) is 56.7 Å². The molecule has 2 N–H and O–H groups in total. The van der Waals surface area contributed by atoms with E-state index in [-0.39, 0.29) is 23.7 Å². The van der Waals surface area contributed by atoms with Crippen LogP contribution in [0.4, 0.5) is 10.1 Å². The first-order valence-electron chi connectivity index (χ1n) is 10.1. The van der Waals surface area contributed by atoms with E-state index in [4.69, 9.17) is 0 Å². The molecule has 154 valence electrons. The molecule has 6 nitrogen and oxygen atoms in total. The van der Waals surface area contributed by atoms with Gasteiger partial charge in [0.2, 0.25) is 11.8 Å². The van der Waals surface area contributed by atoms with E-state index in [0.29, 0.717) is 12.0 Å². The van der Waals surface area contributed by atoms with Crippen LogP contribution >= 0.6 is 0 Å². The lowest BCUT2D eigenvalue weighted by Crippen LogP contribution is -2.51. The van der Waals surface area contributed by atoms with Gasteiger partial charge in [0, 0.05) is 50.8 Å². The van der Waals surface area contributed by atoms with E-state index in [2.05, 4.69) is 15.5 Å². The molecule has 1 aromatic rings. The fourth-order valence-electron chi connectivity index (χ4n) is 4.09. The van der Waals surface area contributed by atoms with Crippen LogP contribution in [0.25, 0.3) is 0 Å². The van der Waals surface area contributed by atoms with Crippen molar-refractivity contribution in [3.63, 3.8) is 0 Å². The SMILES string of the molecule is CC(=O)N(C)CCCN1CCCC(NC(=O)C2Cc3c(F)ccc(C)c3N2)C1. The lowest BCUT2D eigenvalue weighted by Gasteiger charge is -2.34. The normalized spacial score (nSPS) is 21.7. The highest BCUT2D eigenvalue weighted by molar-refractivity contribution is 5.88. The highest BCUT2D eigenvalue weighted by Gasteiger charge is 2.31. The van der Waals surface area contributed by atoms with Crippen LogP contribution in [0.2, 0.25) is 0 Å². The maximum atomic E-state index is 14.0. The second-order valence-electron chi connectivity index (χ2n) is 8.06. The standard InChI is InChI=1S/C21H31FN4O2/c1-14-7-8-18(22)17-12-19(24-20(14)17)21(28)23-16-6-4-10-26(13-16)11-5-9-25(3)15(2)27/h7-8,16,19,24H,4-6,9-13H2,1-3H3,(H,23,28). The van der Waals surface area contributed by atoms with Gasteiger partial charge in [0.25, 0.3) is 0 Å². The van der Waals surface area contributed by atoms with Crippen molar-refractivity contribution in [1.82, 2.24) is 15.1 Å². The smallest absolute Gasteiger partial charge is 0.243 e. The first kappa shape index (κ1) is 20.6. The number of aryl methyl sites for hydroxylation is 1. The van der Waals surface area contributed by atoms with Gasteiger partial charge in [-0.15, -0.1) is 0 Å². The maximum Gasteiger partial charge on any atom is 0.243 e. The highest BCUT2D eigenvalue weighted by Crippen LogP contribution is 2.31. The summed E-state index contributed by atoms with van der Waals surface area (Å²) >= 11 is 0. The monoisotopic (exact) mass is 390 g/mol. The number of likely N-dealkylation sites (tertiary alicyclic amines) is 1. The molecule has 2 aliphatic heterocycles. The van der Waals surface area contributed by atoms with Crippen molar-refractivity contribution in [2.75, 3.05) is 38.5 Å². The number of hydrogen-bond acceptors (Lipinski definition) is 4. The van der Waals surface area contributed by atoms with Crippen molar-refractivity contribution in [1.29, 1.82) is 0 Å². The lowest BCUT2D eigenvalue weighted by molar-refractivity contribution is -0.127. The average Bonchev–Trinajstić information content (AvgIpc) is 3.12. The third-order valence-corrected chi connectivity index (χ3v) is 5.86. The number of nitrogens with zero attached hydrogens (tertiary/aromatic N) is 2. The van der Waals surface area contributed by atoms with Gasteiger partial charge in [-0.05, 0) is 50.9 Å². The van der Waals surface area contributed by atoms with Gasteiger partial charge in [-0.25, -0.2) is 4.39 Å². The van der Waals surface area contributed by atoms with Crippen LogP contribution in [-0.2, 0) is 16.0 Å². The molecule has 0 spiro atoms. The van der Waals surface area contributed by atoms with E-state index >= 15 is 0 Å². The predicted octanol–water partition coefficient (Wildman–Crippen LogP) is 1.92. The van der Waals surface area contributed by atoms with Gasteiger partial charge < -0.3 is 20.4 Å². The van der Waals surface area contributed by atoms with E-state index in [1.165, 1.54) is 6.07 Å². The number of amides is 2. The number of fused-ring (bicyclic) bond motifs is 1. The van der Waals surface area contributed by atoms with Crippen LogP contribution in [-0.4, -0.2) is 66.9 Å². The topological polar surface area (TPSA) is 64.7 Å².